The summed E-state index contributed by atoms with van der Waals surface area (Å²) in [5.41, 5.74) is -0.347. The normalized spacial score (nSPS) is 12.0. The van der Waals surface area contributed by atoms with Crippen LogP contribution in [0.4, 0.5) is 0 Å². The highest BCUT2D eigenvalue weighted by Crippen LogP contribution is 2.43. The number of hydrogen-bond acceptors (Lipinski definition) is 7. The molecule has 0 bridgehead atoms. The van der Waals surface area contributed by atoms with Gasteiger partial charge in [0.15, 0.2) is 17.1 Å². The van der Waals surface area contributed by atoms with Crippen LogP contribution < -0.4 is 14.9 Å². The van der Waals surface area contributed by atoms with Crippen molar-refractivity contribution in [2.75, 3.05) is 7.11 Å². The maximum absolute atomic E-state index is 12.9. The van der Waals surface area contributed by atoms with Crippen LogP contribution in [0.2, 0.25) is 0 Å². The van der Waals surface area contributed by atoms with E-state index in [-0.39, 0.29) is 28.2 Å². The fourth-order valence-corrected chi connectivity index (χ4v) is 2.73. The second kappa shape index (κ2) is 7.64. The molecule has 2 aromatic carbocycles. The summed E-state index contributed by atoms with van der Waals surface area (Å²) in [6.45, 7) is 3.50. The van der Waals surface area contributed by atoms with Crippen molar-refractivity contribution in [3.63, 3.8) is 0 Å². The van der Waals surface area contributed by atoms with Gasteiger partial charge in [0.2, 0.25) is 16.9 Å². The van der Waals surface area contributed by atoms with Crippen molar-refractivity contribution in [1.29, 1.82) is 0 Å². The van der Waals surface area contributed by atoms with E-state index in [1.807, 2.05) is 6.92 Å². The lowest BCUT2D eigenvalue weighted by Crippen LogP contribution is -2.17. The van der Waals surface area contributed by atoms with E-state index in [2.05, 4.69) is 0 Å². The third-order valence-electron chi connectivity index (χ3n) is 4.50. The molecule has 0 amide bonds. The van der Waals surface area contributed by atoms with Gasteiger partial charge in [-0.05, 0) is 6.42 Å². The predicted octanol–water partition coefficient (Wildman–Crippen LogP) is 3.83. The van der Waals surface area contributed by atoms with Crippen molar-refractivity contribution in [2.24, 2.45) is 5.92 Å². The first-order valence-corrected chi connectivity index (χ1v) is 8.75. The fourth-order valence-electron chi connectivity index (χ4n) is 2.73. The quantitative estimate of drug-likeness (QED) is 0.508. The van der Waals surface area contributed by atoms with Crippen LogP contribution in [0.3, 0.4) is 0 Å². The first kappa shape index (κ1) is 19.3. The minimum atomic E-state index is -0.652. The van der Waals surface area contributed by atoms with Gasteiger partial charge in [-0.15, -0.1) is 0 Å². The first-order valence-electron chi connectivity index (χ1n) is 8.75. The van der Waals surface area contributed by atoms with E-state index >= 15 is 0 Å². The maximum Gasteiger partial charge on any atom is 0.314 e. The monoisotopic (exact) mass is 384 g/mol. The molecule has 3 aromatic rings. The van der Waals surface area contributed by atoms with Gasteiger partial charge in [0.05, 0.1) is 13.0 Å². The van der Waals surface area contributed by atoms with Crippen LogP contribution in [0.15, 0.2) is 45.6 Å². The molecule has 146 valence electrons. The number of phenols is 2. The van der Waals surface area contributed by atoms with E-state index in [1.165, 1.54) is 7.11 Å². The number of carbonyl (C=O) groups excluding carboxylic acids is 1. The van der Waals surface area contributed by atoms with Crippen molar-refractivity contribution in [3.05, 3.63) is 46.6 Å². The van der Waals surface area contributed by atoms with Crippen LogP contribution in [0.5, 0.6) is 23.0 Å². The van der Waals surface area contributed by atoms with Crippen molar-refractivity contribution in [1.82, 2.24) is 0 Å². The zero-order chi connectivity index (χ0) is 20.4. The Labute approximate surface area is 160 Å². The molecule has 1 aromatic heterocycles. The fraction of sp³-hybridized carbons (Fsp3) is 0.238. The first-order chi connectivity index (χ1) is 13.4. The lowest BCUT2D eigenvalue weighted by molar-refractivity contribution is -0.138. The molecular formula is C21H20O7. The predicted molar refractivity (Wildman–Crippen MR) is 103 cm³/mol. The molecule has 2 N–H and O–H groups in total. The topological polar surface area (TPSA) is 106 Å². The van der Waals surface area contributed by atoms with E-state index in [1.54, 1.807) is 37.3 Å². The number of aromatic hydroxyl groups is 2. The molecule has 0 saturated heterocycles. The van der Waals surface area contributed by atoms with Gasteiger partial charge in [-0.25, -0.2) is 0 Å². The second-order valence-electron chi connectivity index (χ2n) is 6.34. The van der Waals surface area contributed by atoms with Crippen molar-refractivity contribution in [2.45, 2.75) is 20.3 Å². The molecule has 7 nitrogen and oxygen atoms in total. The van der Waals surface area contributed by atoms with E-state index in [0.29, 0.717) is 12.0 Å². The summed E-state index contributed by atoms with van der Waals surface area (Å²) in [6, 6.07) is 9.65. The Bertz CT molecular complexity index is 1080. The minimum absolute atomic E-state index is 0.0893. The molecule has 1 atom stereocenters. The van der Waals surface area contributed by atoms with Crippen molar-refractivity contribution >= 4 is 16.9 Å². The summed E-state index contributed by atoms with van der Waals surface area (Å²) in [5, 5.41) is 20.2. The van der Waals surface area contributed by atoms with Gasteiger partial charge in [0, 0.05) is 11.6 Å². The zero-order valence-corrected chi connectivity index (χ0v) is 15.7. The largest absolute Gasteiger partial charge is 0.507 e. The Morgan fingerprint density at radius 1 is 1.14 bits per heavy atom. The van der Waals surface area contributed by atoms with Crippen molar-refractivity contribution < 1.29 is 28.9 Å². The summed E-state index contributed by atoms with van der Waals surface area (Å²) >= 11 is 0. The van der Waals surface area contributed by atoms with Gasteiger partial charge >= 0.3 is 5.97 Å². The summed E-state index contributed by atoms with van der Waals surface area (Å²) < 4.78 is 16.4. The number of carbonyl (C=O) groups is 1. The van der Waals surface area contributed by atoms with Gasteiger partial charge in [-0.2, -0.15) is 0 Å². The molecule has 7 heteroatoms. The van der Waals surface area contributed by atoms with Crippen LogP contribution in [0.1, 0.15) is 20.3 Å². The van der Waals surface area contributed by atoms with Crippen LogP contribution >= 0.6 is 0 Å². The highest BCUT2D eigenvalue weighted by Gasteiger charge is 2.26. The van der Waals surface area contributed by atoms with Crippen LogP contribution in [-0.4, -0.2) is 23.3 Å². The van der Waals surface area contributed by atoms with Gasteiger partial charge in [0.1, 0.15) is 11.1 Å². The Kier molecular flexibility index (Phi) is 5.26. The molecule has 28 heavy (non-hydrogen) atoms. The number of rotatable bonds is 5. The number of phenolic OH excluding ortho intramolecular Hbond substituents is 2. The Hall–Kier alpha value is -3.48. The van der Waals surface area contributed by atoms with Crippen molar-refractivity contribution in [3.8, 4) is 34.3 Å². The van der Waals surface area contributed by atoms with Crippen LogP contribution in [-0.2, 0) is 4.79 Å². The van der Waals surface area contributed by atoms with E-state index in [9.17, 15) is 19.8 Å². The third kappa shape index (κ3) is 3.26. The Morgan fingerprint density at radius 3 is 2.43 bits per heavy atom. The molecule has 0 unspecified atom stereocenters. The van der Waals surface area contributed by atoms with Gasteiger partial charge in [-0.3, -0.25) is 9.59 Å². The summed E-state index contributed by atoms with van der Waals surface area (Å²) in [6.07, 6.45) is 0.530. The molecule has 3 rings (SSSR count). The van der Waals surface area contributed by atoms with Gasteiger partial charge in [0.25, 0.3) is 0 Å². The summed E-state index contributed by atoms with van der Waals surface area (Å²) in [7, 11) is 1.31. The van der Waals surface area contributed by atoms with Crippen LogP contribution in [0.25, 0.3) is 22.3 Å². The van der Waals surface area contributed by atoms with Crippen LogP contribution in [0, 0.1) is 5.92 Å². The van der Waals surface area contributed by atoms with Gasteiger partial charge < -0.3 is 24.1 Å². The SMILES string of the molecule is CC[C@H](C)C(=O)Oc1c(O)cc(O)c2c(=O)c(OC)c(-c3ccccc3)oc12. The highest BCUT2D eigenvalue weighted by atomic mass is 16.5. The van der Waals surface area contributed by atoms with E-state index in [4.69, 9.17) is 13.9 Å². The highest BCUT2D eigenvalue weighted by molar-refractivity contribution is 5.95. The molecule has 0 aliphatic heterocycles. The smallest absolute Gasteiger partial charge is 0.314 e. The standard InChI is InChI=1S/C21H20O7/c1-4-11(2)21(25)28-18-14(23)10-13(22)15-16(24)20(26-3)17(27-19(15)18)12-8-6-5-7-9-12/h5-11,22-23H,4H2,1-3H3/t11-/m0/s1. The molecule has 0 fully saturated rings. The Balaban J connectivity index is 2.35. The lowest BCUT2D eigenvalue weighted by atomic mass is 10.1. The number of hydrogen-bond donors (Lipinski definition) is 2. The van der Waals surface area contributed by atoms with E-state index < -0.39 is 28.8 Å². The molecule has 0 saturated carbocycles. The average molecular weight is 384 g/mol. The number of ether oxygens (including phenoxy) is 2. The molecule has 0 spiro atoms. The maximum atomic E-state index is 12.9. The number of methoxy groups -OCH3 is 1. The molecular weight excluding hydrogens is 364 g/mol. The number of benzene rings is 2. The van der Waals surface area contributed by atoms with E-state index in [0.717, 1.165) is 6.07 Å². The lowest BCUT2D eigenvalue weighted by Gasteiger charge is -2.15. The van der Waals surface area contributed by atoms with Gasteiger partial charge in [-0.1, -0.05) is 44.2 Å². The molecule has 0 aliphatic carbocycles. The molecule has 1 heterocycles. The average Bonchev–Trinajstić information content (AvgIpc) is 2.70. The second-order valence-corrected chi connectivity index (χ2v) is 6.34. The minimum Gasteiger partial charge on any atom is -0.507 e. The zero-order valence-electron chi connectivity index (χ0n) is 15.7. The Morgan fingerprint density at radius 2 is 1.82 bits per heavy atom. The third-order valence-corrected chi connectivity index (χ3v) is 4.50. The summed E-state index contributed by atoms with van der Waals surface area (Å²) in [5.74, 6) is -2.40. The summed E-state index contributed by atoms with van der Waals surface area (Å²) in [4.78, 5) is 25.2. The number of fused-ring (bicyclic) bond motifs is 1. The number of esters is 1. The molecule has 0 radical (unpaired) electrons. The molecule has 0 aliphatic rings.